The maximum absolute atomic E-state index is 13.7. The summed E-state index contributed by atoms with van der Waals surface area (Å²) in [6.45, 7) is 1.87. The number of carbonyl (C=O) groups excluding carboxylic acids is 1. The van der Waals surface area contributed by atoms with Crippen LogP contribution in [-0.4, -0.2) is 38.8 Å². The molecule has 0 bridgehead atoms. The Kier molecular flexibility index (Phi) is 10.1. The summed E-state index contributed by atoms with van der Waals surface area (Å²) in [6, 6.07) is 35.0. The zero-order valence-corrected chi connectivity index (χ0v) is 29.2. The standard InChI is InChI=1S/C39H30O11S2/c1-25-3-21-36(49-31-12-6-27(7-13-31)26-4-10-29(47-2)11-5-26)35(23-25)39(40)28-8-14-30(15-9-28)48-33-18-22-37(38(24-33)52(44,45)46)50-32-16-19-34(20-17-32)51(41,42)43/h3-24H,1-2H3,(H,41,42,43)(H,44,45,46). The van der Waals surface area contributed by atoms with E-state index in [1.165, 1.54) is 36.4 Å². The number of hydrogen-bond donors (Lipinski definition) is 2. The number of methoxy groups -OCH3 is 1. The van der Waals surface area contributed by atoms with Crippen molar-refractivity contribution in [2.45, 2.75) is 16.7 Å². The summed E-state index contributed by atoms with van der Waals surface area (Å²) in [6.07, 6.45) is 0. The van der Waals surface area contributed by atoms with Crippen LogP contribution >= 0.6 is 0 Å². The average molecular weight is 739 g/mol. The van der Waals surface area contributed by atoms with Gasteiger partial charge in [0.05, 0.1) is 17.6 Å². The van der Waals surface area contributed by atoms with E-state index in [0.29, 0.717) is 22.6 Å². The molecule has 0 aliphatic heterocycles. The van der Waals surface area contributed by atoms with Crippen LogP contribution in [0, 0.1) is 6.92 Å². The van der Waals surface area contributed by atoms with E-state index in [1.54, 1.807) is 31.4 Å². The summed E-state index contributed by atoms with van der Waals surface area (Å²) in [7, 11) is -7.62. The Balaban J connectivity index is 1.17. The highest BCUT2D eigenvalue weighted by atomic mass is 32.2. The van der Waals surface area contributed by atoms with Crippen LogP contribution in [0.15, 0.2) is 143 Å². The molecule has 2 N–H and O–H groups in total. The van der Waals surface area contributed by atoms with Crippen molar-refractivity contribution in [3.63, 3.8) is 0 Å². The molecule has 52 heavy (non-hydrogen) atoms. The van der Waals surface area contributed by atoms with Crippen molar-refractivity contribution in [2.24, 2.45) is 0 Å². The zero-order valence-electron chi connectivity index (χ0n) is 27.6. The van der Waals surface area contributed by atoms with Gasteiger partial charge in [0.2, 0.25) is 0 Å². The molecule has 0 aliphatic carbocycles. The van der Waals surface area contributed by atoms with Crippen molar-refractivity contribution in [1.82, 2.24) is 0 Å². The quantitative estimate of drug-likeness (QED) is 0.0911. The van der Waals surface area contributed by atoms with Crippen LogP contribution in [0.4, 0.5) is 0 Å². The fourth-order valence-corrected chi connectivity index (χ4v) is 6.26. The van der Waals surface area contributed by atoms with Crippen molar-refractivity contribution in [2.75, 3.05) is 7.11 Å². The molecule has 6 rings (SSSR count). The molecule has 0 saturated carbocycles. The first-order chi connectivity index (χ1) is 24.8. The van der Waals surface area contributed by atoms with Gasteiger partial charge in [0.15, 0.2) is 5.78 Å². The number of rotatable bonds is 12. The smallest absolute Gasteiger partial charge is 0.298 e. The minimum absolute atomic E-state index is 0.0353. The van der Waals surface area contributed by atoms with Gasteiger partial charge in [-0.25, -0.2) is 0 Å². The Morgan fingerprint density at radius 1 is 0.519 bits per heavy atom. The summed E-state index contributed by atoms with van der Waals surface area (Å²) >= 11 is 0. The molecule has 0 radical (unpaired) electrons. The predicted molar refractivity (Wildman–Crippen MR) is 192 cm³/mol. The molecule has 0 unspecified atom stereocenters. The number of carbonyl (C=O) groups is 1. The van der Waals surface area contributed by atoms with Gasteiger partial charge in [-0.15, -0.1) is 0 Å². The number of ketones is 1. The second kappa shape index (κ2) is 14.7. The summed E-state index contributed by atoms with van der Waals surface area (Å²) in [5.74, 6) is 1.48. The van der Waals surface area contributed by atoms with Crippen molar-refractivity contribution < 1.29 is 49.7 Å². The first-order valence-electron chi connectivity index (χ1n) is 15.5. The average Bonchev–Trinajstić information content (AvgIpc) is 3.13. The molecular weight excluding hydrogens is 709 g/mol. The van der Waals surface area contributed by atoms with E-state index in [2.05, 4.69) is 0 Å². The highest BCUT2D eigenvalue weighted by molar-refractivity contribution is 7.86. The van der Waals surface area contributed by atoms with Crippen LogP contribution in [0.2, 0.25) is 0 Å². The van der Waals surface area contributed by atoms with E-state index in [0.717, 1.165) is 40.6 Å². The lowest BCUT2D eigenvalue weighted by molar-refractivity contribution is 0.103. The molecule has 0 saturated heterocycles. The minimum atomic E-state index is -4.80. The van der Waals surface area contributed by atoms with Gasteiger partial charge in [0.25, 0.3) is 20.2 Å². The van der Waals surface area contributed by atoms with Crippen molar-refractivity contribution in [3.05, 3.63) is 150 Å². The molecule has 13 heteroatoms. The third-order valence-corrected chi connectivity index (χ3v) is 9.52. The van der Waals surface area contributed by atoms with Gasteiger partial charge in [0, 0.05) is 11.6 Å². The molecule has 0 amide bonds. The zero-order chi connectivity index (χ0) is 37.0. The maximum atomic E-state index is 13.7. The Morgan fingerprint density at radius 2 is 1.00 bits per heavy atom. The monoisotopic (exact) mass is 738 g/mol. The van der Waals surface area contributed by atoms with Crippen LogP contribution in [-0.2, 0) is 20.2 Å². The largest absolute Gasteiger partial charge is 0.497 e. The summed E-state index contributed by atoms with van der Waals surface area (Å²) < 4.78 is 88.8. The van der Waals surface area contributed by atoms with Gasteiger partial charge in [-0.05, 0) is 115 Å². The molecule has 264 valence electrons. The third-order valence-electron chi connectivity index (χ3n) is 7.78. The molecule has 6 aromatic rings. The van der Waals surface area contributed by atoms with E-state index in [4.69, 9.17) is 23.5 Å². The topological polar surface area (TPSA) is 163 Å². The number of ether oxygens (including phenoxy) is 4. The fraction of sp³-hybridized carbons (Fsp3) is 0.0513. The normalized spacial score (nSPS) is 11.5. The molecule has 0 heterocycles. The third kappa shape index (κ3) is 8.48. The van der Waals surface area contributed by atoms with Crippen LogP contribution in [0.1, 0.15) is 21.5 Å². The molecule has 11 nitrogen and oxygen atoms in total. The van der Waals surface area contributed by atoms with E-state index in [9.17, 15) is 26.2 Å². The lowest BCUT2D eigenvalue weighted by Crippen LogP contribution is -2.04. The van der Waals surface area contributed by atoms with Crippen molar-refractivity contribution in [1.29, 1.82) is 0 Å². The first-order valence-corrected chi connectivity index (χ1v) is 18.4. The molecule has 0 aliphatic rings. The van der Waals surface area contributed by atoms with Crippen LogP contribution < -0.4 is 18.9 Å². The Labute approximate surface area is 300 Å². The van der Waals surface area contributed by atoms with Gasteiger partial charge in [-0.1, -0.05) is 35.9 Å². The summed E-state index contributed by atoms with van der Waals surface area (Å²) in [5, 5.41) is 0. The Morgan fingerprint density at radius 3 is 1.56 bits per heavy atom. The van der Waals surface area contributed by atoms with Gasteiger partial charge < -0.3 is 18.9 Å². The van der Waals surface area contributed by atoms with Crippen molar-refractivity contribution >= 4 is 26.0 Å². The number of aryl methyl sites for hydroxylation is 1. The molecule has 0 atom stereocenters. The number of benzene rings is 6. The molecule has 0 spiro atoms. The van der Waals surface area contributed by atoms with Crippen molar-refractivity contribution in [3.8, 4) is 51.4 Å². The van der Waals surface area contributed by atoms with Gasteiger partial charge >= 0.3 is 0 Å². The predicted octanol–water partition coefficient (Wildman–Crippen LogP) is 8.77. The molecule has 6 aromatic carbocycles. The van der Waals surface area contributed by atoms with Crippen LogP contribution in [0.5, 0.6) is 40.2 Å². The fourth-order valence-electron chi connectivity index (χ4n) is 5.15. The van der Waals surface area contributed by atoms with Crippen LogP contribution in [0.3, 0.4) is 0 Å². The van der Waals surface area contributed by atoms with Gasteiger partial charge in [-0.3, -0.25) is 13.9 Å². The van der Waals surface area contributed by atoms with Gasteiger partial charge in [-0.2, -0.15) is 16.8 Å². The number of hydrogen-bond acceptors (Lipinski definition) is 9. The second-order valence-electron chi connectivity index (χ2n) is 11.4. The van der Waals surface area contributed by atoms with Crippen LogP contribution in [0.25, 0.3) is 11.1 Å². The van der Waals surface area contributed by atoms with E-state index in [-0.39, 0.29) is 33.7 Å². The molecule has 0 aromatic heterocycles. The molecule has 0 fully saturated rings. The first kappa shape index (κ1) is 35.8. The van der Waals surface area contributed by atoms with Gasteiger partial charge in [0.1, 0.15) is 45.1 Å². The van der Waals surface area contributed by atoms with E-state index < -0.39 is 25.1 Å². The summed E-state index contributed by atoms with van der Waals surface area (Å²) in [5.41, 5.74) is 3.57. The molecular formula is C39H30O11S2. The highest BCUT2D eigenvalue weighted by Gasteiger charge is 2.21. The Bertz CT molecular complexity index is 2460. The van der Waals surface area contributed by atoms with E-state index >= 15 is 0 Å². The SMILES string of the molecule is COc1ccc(-c2ccc(Oc3ccc(C)cc3C(=O)c3ccc(Oc4ccc(Oc5ccc(S(=O)(=O)O)cc5)c(S(=O)(=O)O)c4)cc3)cc2)cc1. The second-order valence-corrected chi connectivity index (χ2v) is 14.3. The Hall–Kier alpha value is -5.99. The van der Waals surface area contributed by atoms with E-state index in [1.807, 2.05) is 61.5 Å². The lowest BCUT2D eigenvalue weighted by Gasteiger charge is -2.13. The minimum Gasteiger partial charge on any atom is -0.497 e. The maximum Gasteiger partial charge on any atom is 0.298 e. The highest BCUT2D eigenvalue weighted by Crippen LogP contribution is 2.35. The summed E-state index contributed by atoms with van der Waals surface area (Å²) in [4.78, 5) is 12.7. The lowest BCUT2D eigenvalue weighted by atomic mass is 10.0.